The minimum atomic E-state index is -4.95. The molecule has 4 N–H and O–H groups in total. The van der Waals surface area contributed by atoms with E-state index in [0.29, 0.717) is 11.1 Å². The number of hydrogen-bond donors (Lipinski definition) is 4. The predicted molar refractivity (Wildman–Crippen MR) is 93.5 cm³/mol. The van der Waals surface area contributed by atoms with Crippen LogP contribution in [0.2, 0.25) is 0 Å². The Kier molecular flexibility index (Phi) is 6.04. The van der Waals surface area contributed by atoms with E-state index in [4.69, 9.17) is 14.0 Å². The molecular weight excluding hydrogens is 435 g/mol. The lowest BCUT2D eigenvalue weighted by Gasteiger charge is -2.38. The molecule has 2 aromatic rings. The molecule has 0 bridgehead atoms. The predicted octanol–water partition coefficient (Wildman–Crippen LogP) is 0.799. The van der Waals surface area contributed by atoms with Gasteiger partial charge in [0, 0.05) is 11.8 Å². The maximum absolute atomic E-state index is 12.7. The SMILES string of the molecule is O=S(=O)(O)C1O[C@@H](Oc2cncc(-c3ccc(C(F)(F)F)cc3)c2)[C@H](O)[C@@H](O)[C@@H]1O. The summed E-state index contributed by atoms with van der Waals surface area (Å²) in [6.45, 7) is 0. The molecule has 1 fully saturated rings. The van der Waals surface area contributed by atoms with Gasteiger partial charge in [0.1, 0.15) is 24.1 Å². The number of pyridine rings is 1. The van der Waals surface area contributed by atoms with Crippen LogP contribution in [0, 0.1) is 0 Å². The molecular formula is C17H16F3NO8S. The number of aliphatic hydroxyl groups excluding tert-OH is 3. The van der Waals surface area contributed by atoms with Crippen LogP contribution in [0.4, 0.5) is 13.2 Å². The smallest absolute Gasteiger partial charge is 0.416 e. The fourth-order valence-corrected chi connectivity index (χ4v) is 3.55. The van der Waals surface area contributed by atoms with Crippen LogP contribution >= 0.6 is 0 Å². The van der Waals surface area contributed by atoms with Crippen molar-refractivity contribution in [2.45, 2.75) is 36.2 Å². The first kappa shape index (κ1) is 22.4. The van der Waals surface area contributed by atoms with Crippen LogP contribution in [-0.4, -0.2) is 63.3 Å². The number of aliphatic hydroxyl groups is 3. The van der Waals surface area contributed by atoms with Gasteiger partial charge in [-0.15, -0.1) is 0 Å². The van der Waals surface area contributed by atoms with Crippen molar-refractivity contribution >= 4 is 10.1 Å². The summed E-state index contributed by atoms with van der Waals surface area (Å²) >= 11 is 0. The van der Waals surface area contributed by atoms with Crippen LogP contribution < -0.4 is 4.74 Å². The van der Waals surface area contributed by atoms with E-state index in [2.05, 4.69) is 4.98 Å². The molecule has 13 heteroatoms. The molecule has 0 spiro atoms. The van der Waals surface area contributed by atoms with Gasteiger partial charge in [0.15, 0.2) is 0 Å². The largest absolute Gasteiger partial charge is 0.460 e. The highest BCUT2D eigenvalue weighted by Gasteiger charge is 2.50. The number of benzene rings is 1. The number of aromatic nitrogens is 1. The zero-order chi connectivity index (χ0) is 22.3. The summed E-state index contributed by atoms with van der Waals surface area (Å²) in [5, 5.41) is 29.5. The Morgan fingerprint density at radius 2 is 1.60 bits per heavy atom. The van der Waals surface area contributed by atoms with E-state index in [1.165, 1.54) is 24.4 Å². The lowest BCUT2D eigenvalue weighted by atomic mass is 10.0. The molecule has 0 aliphatic carbocycles. The third-order valence-electron chi connectivity index (χ3n) is 4.33. The molecule has 0 radical (unpaired) electrons. The topological polar surface area (TPSA) is 146 Å². The second kappa shape index (κ2) is 8.09. The summed E-state index contributed by atoms with van der Waals surface area (Å²) in [6.07, 6.45) is -9.86. The van der Waals surface area contributed by atoms with Gasteiger partial charge in [-0.3, -0.25) is 9.54 Å². The van der Waals surface area contributed by atoms with Crippen molar-refractivity contribution in [3.8, 4) is 16.9 Å². The molecule has 30 heavy (non-hydrogen) atoms. The molecule has 1 aliphatic rings. The van der Waals surface area contributed by atoms with Crippen LogP contribution in [0.5, 0.6) is 5.75 Å². The van der Waals surface area contributed by atoms with Crippen LogP contribution in [0.1, 0.15) is 5.56 Å². The highest BCUT2D eigenvalue weighted by Crippen LogP contribution is 2.32. The molecule has 3 rings (SSSR count). The van der Waals surface area contributed by atoms with Crippen molar-refractivity contribution in [2.24, 2.45) is 0 Å². The van der Waals surface area contributed by atoms with Gasteiger partial charge in [-0.1, -0.05) is 12.1 Å². The van der Waals surface area contributed by atoms with Gasteiger partial charge < -0.3 is 24.8 Å². The van der Waals surface area contributed by atoms with Crippen LogP contribution in [-0.2, 0) is 21.0 Å². The van der Waals surface area contributed by atoms with Gasteiger partial charge in [-0.25, -0.2) is 0 Å². The molecule has 164 valence electrons. The van der Waals surface area contributed by atoms with E-state index in [1.807, 2.05) is 0 Å². The van der Waals surface area contributed by atoms with Gasteiger partial charge in [0.2, 0.25) is 11.7 Å². The average molecular weight is 451 g/mol. The third kappa shape index (κ3) is 4.71. The molecule has 1 unspecified atom stereocenters. The number of ether oxygens (including phenoxy) is 2. The minimum absolute atomic E-state index is 0.0888. The summed E-state index contributed by atoms with van der Waals surface area (Å²) in [5.41, 5.74) is -2.42. The van der Waals surface area contributed by atoms with E-state index in [-0.39, 0.29) is 5.75 Å². The van der Waals surface area contributed by atoms with E-state index in [0.717, 1.165) is 18.3 Å². The van der Waals surface area contributed by atoms with E-state index in [1.54, 1.807) is 0 Å². The Labute approximate surface area is 168 Å². The summed E-state index contributed by atoms with van der Waals surface area (Å²) in [7, 11) is -4.95. The highest BCUT2D eigenvalue weighted by atomic mass is 32.2. The van der Waals surface area contributed by atoms with E-state index < -0.39 is 51.9 Å². The van der Waals surface area contributed by atoms with Gasteiger partial charge in [-0.05, 0) is 23.8 Å². The van der Waals surface area contributed by atoms with Crippen molar-refractivity contribution in [2.75, 3.05) is 0 Å². The first-order valence-electron chi connectivity index (χ1n) is 8.33. The monoisotopic (exact) mass is 451 g/mol. The standard InChI is InChI=1S/C17H16F3NO8S/c18-17(19,20)10-3-1-8(2-4-10)9-5-11(7-21-6-9)28-15-13(23)12(22)14(24)16(29-15)30(25,26)27/h1-7,12-16,22-24H,(H,25,26,27)/t12-,13-,14+,15-,16?/m1/s1. The zero-order valence-electron chi connectivity index (χ0n) is 14.8. The van der Waals surface area contributed by atoms with Crippen molar-refractivity contribution in [3.05, 3.63) is 48.3 Å². The second-order valence-corrected chi connectivity index (χ2v) is 7.96. The Morgan fingerprint density at radius 1 is 0.967 bits per heavy atom. The van der Waals surface area contributed by atoms with E-state index >= 15 is 0 Å². The van der Waals surface area contributed by atoms with Crippen molar-refractivity contribution < 1.29 is 50.9 Å². The van der Waals surface area contributed by atoms with Gasteiger partial charge in [-0.2, -0.15) is 21.6 Å². The minimum Gasteiger partial charge on any atom is -0.460 e. The Morgan fingerprint density at radius 3 is 2.17 bits per heavy atom. The number of hydrogen-bond acceptors (Lipinski definition) is 8. The number of halogens is 3. The van der Waals surface area contributed by atoms with Crippen LogP contribution in [0.3, 0.4) is 0 Å². The normalized spacial score (nSPS) is 27.6. The first-order valence-corrected chi connectivity index (χ1v) is 9.83. The maximum atomic E-state index is 12.7. The average Bonchev–Trinajstić information content (AvgIpc) is 2.67. The molecule has 1 aromatic carbocycles. The lowest BCUT2D eigenvalue weighted by molar-refractivity contribution is -0.254. The zero-order valence-corrected chi connectivity index (χ0v) is 15.7. The Bertz CT molecular complexity index is 999. The van der Waals surface area contributed by atoms with Crippen molar-refractivity contribution in [1.29, 1.82) is 0 Å². The third-order valence-corrected chi connectivity index (χ3v) is 5.31. The molecule has 9 nitrogen and oxygen atoms in total. The quantitative estimate of drug-likeness (QED) is 0.496. The number of nitrogens with zero attached hydrogens (tertiary/aromatic N) is 1. The number of alkyl halides is 3. The lowest BCUT2D eigenvalue weighted by Crippen LogP contribution is -2.61. The molecule has 0 amide bonds. The molecule has 0 saturated carbocycles. The van der Waals surface area contributed by atoms with Gasteiger partial charge in [0.25, 0.3) is 10.1 Å². The van der Waals surface area contributed by atoms with Crippen molar-refractivity contribution in [1.82, 2.24) is 4.98 Å². The Balaban J connectivity index is 1.82. The maximum Gasteiger partial charge on any atom is 0.416 e. The summed E-state index contributed by atoms with van der Waals surface area (Å²) < 4.78 is 80.0. The van der Waals surface area contributed by atoms with Crippen LogP contribution in [0.25, 0.3) is 11.1 Å². The summed E-state index contributed by atoms with van der Waals surface area (Å²) in [4.78, 5) is 3.86. The highest BCUT2D eigenvalue weighted by molar-refractivity contribution is 7.86. The molecule has 2 heterocycles. The fraction of sp³-hybridized carbons (Fsp3) is 0.353. The van der Waals surface area contributed by atoms with Crippen molar-refractivity contribution in [3.63, 3.8) is 0 Å². The number of rotatable bonds is 4. The molecule has 1 aromatic heterocycles. The molecule has 5 atom stereocenters. The Hall–Kier alpha value is -2.29. The second-order valence-electron chi connectivity index (χ2n) is 6.46. The van der Waals surface area contributed by atoms with Crippen LogP contribution in [0.15, 0.2) is 42.7 Å². The summed E-state index contributed by atoms with van der Waals surface area (Å²) in [6, 6.07) is 5.51. The molecule has 1 saturated heterocycles. The summed E-state index contributed by atoms with van der Waals surface area (Å²) in [5.74, 6) is -0.0888. The van der Waals surface area contributed by atoms with Gasteiger partial charge >= 0.3 is 6.18 Å². The fourth-order valence-electron chi connectivity index (χ4n) is 2.79. The van der Waals surface area contributed by atoms with Gasteiger partial charge in [0.05, 0.1) is 11.8 Å². The molecule has 1 aliphatic heterocycles. The first-order chi connectivity index (χ1) is 13.9. The van der Waals surface area contributed by atoms with E-state index in [9.17, 15) is 36.9 Å².